The predicted molar refractivity (Wildman–Crippen MR) is 54.5 cm³/mol. The summed E-state index contributed by atoms with van der Waals surface area (Å²) in [5.74, 6) is 0. The van der Waals surface area contributed by atoms with Crippen LogP contribution >= 0.6 is 0 Å². The third kappa shape index (κ3) is 582. The van der Waals surface area contributed by atoms with Crippen molar-refractivity contribution in [3.8, 4) is 0 Å². The normalized spacial score (nSPS) is 10.4. The van der Waals surface area contributed by atoms with Crippen LogP contribution in [0.1, 0.15) is 0 Å². The Bertz CT molecular complexity index is 220. The smallest absolute Gasteiger partial charge is 1.00 e. The summed E-state index contributed by atoms with van der Waals surface area (Å²) in [5, 5.41) is 0. The topological polar surface area (TPSA) is 120 Å². The van der Waals surface area contributed by atoms with Crippen molar-refractivity contribution in [3.05, 3.63) is 0 Å². The van der Waals surface area contributed by atoms with Gasteiger partial charge in [0.15, 0.2) is 0 Å². The molecule has 0 spiro atoms. The molecule has 1 radical (unpaired) electrons. The molecular formula is C6H18As3CoKO6. The van der Waals surface area contributed by atoms with Gasteiger partial charge in [-0.25, -0.2) is 0 Å². The van der Waals surface area contributed by atoms with Crippen molar-refractivity contribution in [2.75, 3.05) is 0 Å². The number of rotatable bonds is 0. The van der Waals surface area contributed by atoms with Gasteiger partial charge >= 0.3 is 167 Å². The van der Waals surface area contributed by atoms with Gasteiger partial charge < -0.3 is 0 Å². The molecular weight excluding hydrogens is 491 g/mol. The van der Waals surface area contributed by atoms with Crippen LogP contribution < -0.4 is 63.7 Å². The van der Waals surface area contributed by atoms with Crippen molar-refractivity contribution >= 4 is 41.5 Å². The fourth-order valence-electron chi connectivity index (χ4n) is 0. The quantitative estimate of drug-likeness (QED) is 0.304. The zero-order valence-electron chi connectivity index (χ0n) is 11.1. The Morgan fingerprint density at radius 3 is 0.588 bits per heavy atom. The molecule has 0 unspecified atom stereocenters. The van der Waals surface area contributed by atoms with E-state index in [9.17, 15) is 23.5 Å². The van der Waals surface area contributed by atoms with Crippen LogP contribution in [0.2, 0.25) is 34.3 Å². The van der Waals surface area contributed by atoms with E-state index in [2.05, 4.69) is 0 Å². The van der Waals surface area contributed by atoms with Crippen molar-refractivity contribution in [1.29, 1.82) is 0 Å². The fraction of sp³-hybridized carbons (Fsp3) is 1.00. The largest absolute Gasteiger partial charge is 2.00 e. The molecule has 0 N–H and O–H groups in total. The third-order valence-corrected chi connectivity index (χ3v) is 0. The van der Waals surface area contributed by atoms with Crippen LogP contribution in [0.3, 0.4) is 0 Å². The summed E-state index contributed by atoms with van der Waals surface area (Å²) in [6, 6.07) is 0. The average Bonchev–Trinajstić information content (AvgIpc) is 1.41. The van der Waals surface area contributed by atoms with Gasteiger partial charge in [0.1, 0.15) is 0 Å². The van der Waals surface area contributed by atoms with E-state index in [0.717, 1.165) is 0 Å². The van der Waals surface area contributed by atoms with E-state index < -0.39 is 41.5 Å². The van der Waals surface area contributed by atoms with Crippen LogP contribution in [0.4, 0.5) is 0 Å². The van der Waals surface area contributed by atoms with E-state index in [1.54, 1.807) is 0 Å². The second-order valence-electron chi connectivity index (χ2n) is 3.76. The molecule has 17 heavy (non-hydrogen) atoms. The molecule has 0 aliphatic heterocycles. The summed E-state index contributed by atoms with van der Waals surface area (Å²) in [5.41, 5.74) is 7.49. The van der Waals surface area contributed by atoms with Gasteiger partial charge in [-0.05, 0) is 0 Å². The fourth-order valence-corrected chi connectivity index (χ4v) is 0. The van der Waals surface area contributed by atoms with Gasteiger partial charge in [-0.3, -0.25) is 0 Å². The molecule has 0 saturated carbocycles. The Morgan fingerprint density at radius 1 is 0.588 bits per heavy atom. The van der Waals surface area contributed by atoms with E-state index in [4.69, 9.17) is 0 Å². The molecule has 0 aliphatic carbocycles. The molecule has 0 fully saturated rings. The van der Waals surface area contributed by atoms with E-state index in [-0.39, 0.29) is 68.2 Å². The molecule has 0 heterocycles. The molecule has 0 aromatic rings. The summed E-state index contributed by atoms with van der Waals surface area (Å²) in [6.07, 6.45) is 0. The molecule has 103 valence electrons. The average molecular weight is 509 g/mol. The van der Waals surface area contributed by atoms with Crippen LogP contribution in [-0.2, 0) is 28.0 Å². The molecule has 0 aromatic heterocycles. The summed E-state index contributed by atoms with van der Waals surface area (Å²) >= 11 is -10.1. The van der Waals surface area contributed by atoms with Crippen molar-refractivity contribution in [3.63, 3.8) is 0 Å². The first-order valence-corrected chi connectivity index (χ1v) is 19.6. The summed E-state index contributed by atoms with van der Waals surface area (Å²) in [7, 11) is 0. The van der Waals surface area contributed by atoms with E-state index in [1.165, 1.54) is 34.3 Å². The zero-order valence-corrected chi connectivity index (χ0v) is 20.9. The van der Waals surface area contributed by atoms with Gasteiger partial charge in [-0.1, -0.05) is 0 Å². The summed E-state index contributed by atoms with van der Waals surface area (Å²) in [6.45, 7) is 0. The Morgan fingerprint density at radius 2 is 0.588 bits per heavy atom. The Kier molecular flexibility index (Phi) is 26.6. The molecule has 0 saturated heterocycles. The second kappa shape index (κ2) is 14.1. The molecule has 6 nitrogen and oxygen atoms in total. The second-order valence-corrected chi connectivity index (χ2v) is 19.5. The maximum Gasteiger partial charge on any atom is 2.00 e. The first-order valence-electron chi connectivity index (χ1n) is 3.78. The van der Waals surface area contributed by atoms with Gasteiger partial charge in [0.25, 0.3) is 0 Å². The Hall–Kier alpha value is 3.10. The van der Waals surface area contributed by atoms with Crippen LogP contribution in [0, 0.1) is 0 Å². The molecule has 11 heteroatoms. The van der Waals surface area contributed by atoms with Gasteiger partial charge in [-0.2, -0.15) is 0 Å². The summed E-state index contributed by atoms with van der Waals surface area (Å²) < 4.78 is 58.3. The Labute approximate surface area is 164 Å². The number of hydrogen-bond donors (Lipinski definition) is 0. The van der Waals surface area contributed by atoms with Crippen LogP contribution in [0.5, 0.6) is 0 Å². The van der Waals surface area contributed by atoms with Crippen molar-refractivity contribution in [2.24, 2.45) is 0 Å². The van der Waals surface area contributed by atoms with Crippen molar-refractivity contribution < 1.29 is 91.7 Å². The summed E-state index contributed by atoms with van der Waals surface area (Å²) in [4.78, 5) is 0. The van der Waals surface area contributed by atoms with Gasteiger partial charge in [0.05, 0.1) is 0 Å². The third-order valence-electron chi connectivity index (χ3n) is 0. The van der Waals surface area contributed by atoms with Crippen LogP contribution in [-0.4, -0.2) is 41.5 Å². The maximum absolute atomic E-state index is 9.72. The molecule has 0 rings (SSSR count). The van der Waals surface area contributed by atoms with Gasteiger partial charge in [-0.15, -0.1) is 0 Å². The molecule has 0 aliphatic rings. The zero-order chi connectivity index (χ0) is 13.5. The SMILES string of the molecule is C[As](C)(=O)[O-].C[As](C)(=O)[O-].C[As](C)(=O)[O-].[Co+2].[K+]. The van der Waals surface area contributed by atoms with E-state index in [1.807, 2.05) is 0 Å². The molecule has 0 atom stereocenters. The minimum atomic E-state index is -3.38. The molecule has 0 aromatic carbocycles. The first-order chi connectivity index (χ1) is 6.00. The minimum Gasteiger partial charge on any atom is 1.00 e. The Balaban J connectivity index is -0.0000000400. The van der Waals surface area contributed by atoms with Crippen molar-refractivity contribution in [2.45, 2.75) is 34.3 Å². The molecule has 0 bridgehead atoms. The van der Waals surface area contributed by atoms with Crippen molar-refractivity contribution in [1.82, 2.24) is 0 Å². The van der Waals surface area contributed by atoms with Gasteiger partial charge in [0, 0.05) is 0 Å². The maximum atomic E-state index is 9.72. The van der Waals surface area contributed by atoms with Crippen LogP contribution in [0.25, 0.3) is 0 Å². The standard InChI is InChI=1S/3C2H7AsO2.Co.K/c3*1-3(2,4)5;;/h3*1-2H3,(H,4,5);;/q;;;+2;+1/p-3. The van der Waals surface area contributed by atoms with Crippen LogP contribution in [0.15, 0.2) is 0 Å². The number of hydrogen-bond acceptors (Lipinski definition) is 6. The minimum absolute atomic E-state index is 0. The van der Waals surface area contributed by atoms with E-state index in [0.29, 0.717) is 0 Å². The first kappa shape index (κ1) is 32.2. The predicted octanol–water partition coefficient (Wildman–Crippen LogP) is -4.56. The molecule has 0 amide bonds. The van der Waals surface area contributed by atoms with E-state index >= 15 is 0 Å². The monoisotopic (exact) mass is 509 g/mol. The van der Waals surface area contributed by atoms with Gasteiger partial charge in [0.2, 0.25) is 0 Å².